The third-order valence-electron chi connectivity index (χ3n) is 4.96. The summed E-state index contributed by atoms with van der Waals surface area (Å²) in [4.78, 5) is 33.1. The molecular weight excluding hydrogens is 460 g/mol. The Morgan fingerprint density at radius 2 is 1.40 bits per heavy atom. The monoisotopic (exact) mass is 492 g/mol. The fraction of sp³-hybridized carbons (Fsp3) is 0.458. The van der Waals surface area contributed by atoms with E-state index < -0.39 is 24.0 Å². The molecule has 4 rings (SSSR count). The van der Waals surface area contributed by atoms with Gasteiger partial charge in [-0.15, -0.1) is 0 Å². The Hall–Kier alpha value is -3.57. The number of rotatable bonds is 7. The SMILES string of the molecule is C=C(C)OC.CC(=O)O[C@H]1C(=O)N[C@H]1c1ccco1.COC(C)(C)O[C@H]1C(=O)N[C@H]1c1ccco1. The van der Waals surface area contributed by atoms with Crippen molar-refractivity contribution >= 4 is 17.8 Å². The summed E-state index contributed by atoms with van der Waals surface area (Å²) in [6.45, 7) is 10.0. The highest BCUT2D eigenvalue weighted by atomic mass is 16.7. The van der Waals surface area contributed by atoms with Crippen molar-refractivity contribution in [3.63, 3.8) is 0 Å². The van der Waals surface area contributed by atoms with Crippen molar-refractivity contribution < 1.29 is 42.2 Å². The summed E-state index contributed by atoms with van der Waals surface area (Å²) in [6.07, 6.45) is 1.77. The minimum atomic E-state index is -0.784. The van der Waals surface area contributed by atoms with Crippen molar-refractivity contribution in [3.8, 4) is 0 Å². The van der Waals surface area contributed by atoms with E-state index in [4.69, 9.17) is 23.0 Å². The van der Waals surface area contributed by atoms with Gasteiger partial charge < -0.3 is 38.4 Å². The number of amides is 2. The first-order valence-electron chi connectivity index (χ1n) is 10.8. The van der Waals surface area contributed by atoms with Gasteiger partial charge in [0.25, 0.3) is 11.8 Å². The average molecular weight is 493 g/mol. The van der Waals surface area contributed by atoms with E-state index in [2.05, 4.69) is 21.9 Å². The second-order valence-corrected chi connectivity index (χ2v) is 8.08. The minimum absolute atomic E-state index is 0.147. The lowest BCUT2D eigenvalue weighted by Crippen LogP contribution is -2.59. The standard InChI is InChI=1S/C11H15NO4.C9H9NO4.C4H8O/c1-11(2,14-3)16-9-8(12-10(9)13)7-5-4-6-15-7;1-5(11)14-8-7(10-9(8)12)6-3-2-4-13-6;1-4(2)5-3/h4-6,8-9H,1-3H3,(H,12,13);2-4,7-8H,1H3,(H,10,12);1H2,2-3H3/t8-,9+;7-,8+;/m00./s1. The summed E-state index contributed by atoms with van der Waals surface area (Å²) >= 11 is 0. The zero-order valence-electron chi connectivity index (χ0n) is 20.7. The van der Waals surface area contributed by atoms with E-state index in [-0.39, 0.29) is 23.9 Å². The number of allylic oxidation sites excluding steroid dienone is 1. The predicted molar refractivity (Wildman–Crippen MR) is 123 cm³/mol. The van der Waals surface area contributed by atoms with Crippen LogP contribution in [-0.2, 0) is 33.3 Å². The molecule has 192 valence electrons. The van der Waals surface area contributed by atoms with E-state index in [1.807, 2.05) is 0 Å². The Kier molecular flexibility index (Phi) is 9.67. The van der Waals surface area contributed by atoms with E-state index in [0.717, 1.165) is 5.76 Å². The lowest BCUT2D eigenvalue weighted by Gasteiger charge is -2.39. The van der Waals surface area contributed by atoms with Crippen LogP contribution in [0, 0.1) is 0 Å². The second-order valence-electron chi connectivity index (χ2n) is 8.08. The Morgan fingerprint density at radius 3 is 1.71 bits per heavy atom. The number of hydrogen-bond acceptors (Lipinski definition) is 9. The summed E-state index contributed by atoms with van der Waals surface area (Å²) < 4.78 is 30.4. The van der Waals surface area contributed by atoms with Crippen LogP contribution in [0.1, 0.15) is 51.3 Å². The largest absolute Gasteiger partial charge is 0.502 e. The molecule has 0 unspecified atom stereocenters. The Balaban J connectivity index is 0.000000209. The van der Waals surface area contributed by atoms with Crippen LogP contribution in [0.2, 0.25) is 0 Å². The zero-order chi connectivity index (χ0) is 26.2. The first-order valence-corrected chi connectivity index (χ1v) is 10.8. The molecule has 2 aliphatic heterocycles. The molecule has 2 aromatic heterocycles. The van der Waals surface area contributed by atoms with Gasteiger partial charge in [-0.3, -0.25) is 14.4 Å². The van der Waals surface area contributed by atoms with E-state index in [9.17, 15) is 14.4 Å². The second kappa shape index (κ2) is 12.2. The molecule has 2 fully saturated rings. The van der Waals surface area contributed by atoms with Gasteiger partial charge in [0.1, 0.15) is 23.6 Å². The Morgan fingerprint density at radius 1 is 0.943 bits per heavy atom. The molecule has 11 nitrogen and oxygen atoms in total. The molecule has 2 saturated heterocycles. The molecule has 0 spiro atoms. The van der Waals surface area contributed by atoms with E-state index >= 15 is 0 Å². The van der Waals surface area contributed by atoms with Gasteiger partial charge in [-0.2, -0.15) is 0 Å². The van der Waals surface area contributed by atoms with Gasteiger partial charge in [0.15, 0.2) is 11.9 Å². The molecule has 2 N–H and O–H groups in total. The molecule has 0 aromatic carbocycles. The first-order chi connectivity index (χ1) is 16.5. The molecule has 2 aromatic rings. The molecule has 4 atom stereocenters. The van der Waals surface area contributed by atoms with E-state index in [1.165, 1.54) is 13.2 Å². The summed E-state index contributed by atoms with van der Waals surface area (Å²) in [5.41, 5.74) is 0. The molecule has 0 radical (unpaired) electrons. The van der Waals surface area contributed by atoms with Crippen LogP contribution in [0.15, 0.2) is 58.0 Å². The van der Waals surface area contributed by atoms with Crippen LogP contribution < -0.4 is 10.6 Å². The van der Waals surface area contributed by atoms with Crippen LogP contribution in [-0.4, -0.2) is 50.0 Å². The van der Waals surface area contributed by atoms with Crippen LogP contribution in [0.3, 0.4) is 0 Å². The molecule has 2 aliphatic rings. The van der Waals surface area contributed by atoms with Gasteiger partial charge in [0.2, 0.25) is 6.10 Å². The fourth-order valence-electron chi connectivity index (χ4n) is 2.89. The molecule has 0 aliphatic carbocycles. The summed E-state index contributed by atoms with van der Waals surface area (Å²) in [7, 11) is 3.14. The quantitative estimate of drug-likeness (QED) is 0.258. The summed E-state index contributed by atoms with van der Waals surface area (Å²) in [5.74, 6) is 0.347. The molecule has 0 bridgehead atoms. The van der Waals surface area contributed by atoms with Crippen LogP contribution >= 0.6 is 0 Å². The van der Waals surface area contributed by atoms with Crippen molar-refractivity contribution in [1.29, 1.82) is 0 Å². The number of β-lactam (4-membered cyclic amide) rings is 2. The fourth-order valence-corrected chi connectivity index (χ4v) is 2.89. The van der Waals surface area contributed by atoms with Crippen LogP contribution in [0.25, 0.3) is 0 Å². The number of carbonyl (C=O) groups is 3. The van der Waals surface area contributed by atoms with E-state index in [1.54, 1.807) is 65.5 Å². The lowest BCUT2D eigenvalue weighted by molar-refractivity contribution is -0.239. The van der Waals surface area contributed by atoms with Crippen molar-refractivity contribution in [1.82, 2.24) is 10.6 Å². The molecule has 2 amide bonds. The van der Waals surface area contributed by atoms with Gasteiger partial charge >= 0.3 is 5.97 Å². The van der Waals surface area contributed by atoms with Crippen LogP contribution in [0.5, 0.6) is 0 Å². The zero-order valence-corrected chi connectivity index (χ0v) is 20.7. The van der Waals surface area contributed by atoms with Gasteiger partial charge in [-0.25, -0.2) is 0 Å². The van der Waals surface area contributed by atoms with Crippen molar-refractivity contribution in [2.24, 2.45) is 0 Å². The number of carbonyl (C=O) groups excluding carboxylic acids is 3. The average Bonchev–Trinajstić information content (AvgIpc) is 3.53. The van der Waals surface area contributed by atoms with Crippen molar-refractivity contribution in [3.05, 3.63) is 60.7 Å². The molecule has 11 heteroatoms. The minimum Gasteiger partial charge on any atom is -0.502 e. The Bertz CT molecular complexity index is 983. The maximum atomic E-state index is 11.4. The van der Waals surface area contributed by atoms with E-state index in [0.29, 0.717) is 11.5 Å². The number of furan rings is 2. The van der Waals surface area contributed by atoms with Gasteiger partial charge in [-0.1, -0.05) is 6.58 Å². The predicted octanol–water partition coefficient (Wildman–Crippen LogP) is 2.77. The highest BCUT2D eigenvalue weighted by Crippen LogP contribution is 2.31. The third kappa shape index (κ3) is 7.72. The van der Waals surface area contributed by atoms with Gasteiger partial charge in [0, 0.05) is 14.0 Å². The van der Waals surface area contributed by atoms with Crippen molar-refractivity contribution in [2.75, 3.05) is 14.2 Å². The maximum absolute atomic E-state index is 11.4. The smallest absolute Gasteiger partial charge is 0.303 e. The molecule has 0 saturated carbocycles. The third-order valence-corrected chi connectivity index (χ3v) is 4.96. The summed E-state index contributed by atoms with van der Waals surface area (Å²) in [5, 5.41) is 5.32. The lowest BCUT2D eigenvalue weighted by atomic mass is 9.99. The van der Waals surface area contributed by atoms with Crippen LogP contribution in [0.4, 0.5) is 0 Å². The maximum Gasteiger partial charge on any atom is 0.303 e. The first kappa shape index (κ1) is 27.7. The number of methoxy groups -OCH3 is 2. The van der Waals surface area contributed by atoms with Gasteiger partial charge in [-0.05, 0) is 45.0 Å². The molecule has 35 heavy (non-hydrogen) atoms. The number of hydrogen-bond donors (Lipinski definition) is 2. The van der Waals surface area contributed by atoms with Gasteiger partial charge in [0.05, 0.1) is 25.4 Å². The van der Waals surface area contributed by atoms with Crippen molar-refractivity contribution in [2.45, 2.75) is 57.8 Å². The number of ether oxygens (including phenoxy) is 4. The Labute approximate surface area is 203 Å². The number of esters is 1. The summed E-state index contributed by atoms with van der Waals surface area (Å²) in [6, 6.07) is 6.45. The highest BCUT2D eigenvalue weighted by molar-refractivity contribution is 5.90. The highest BCUT2D eigenvalue weighted by Gasteiger charge is 2.46. The molecular formula is C24H32N2O9. The normalized spacial score (nSPS) is 22.5. The topological polar surface area (TPSA) is 138 Å². The molecule has 4 heterocycles. The number of nitrogens with one attached hydrogen (secondary N) is 2.